The summed E-state index contributed by atoms with van der Waals surface area (Å²) in [6.45, 7) is 2.52. The Kier molecular flexibility index (Phi) is 3.61. The highest BCUT2D eigenvalue weighted by atomic mass is 79.9. The normalized spacial score (nSPS) is 24.4. The monoisotopic (exact) mass is 283 g/mol. The molecule has 2 unspecified atom stereocenters. The topological polar surface area (TPSA) is 38.3 Å². The van der Waals surface area contributed by atoms with Crippen LogP contribution in [0.25, 0.3) is 0 Å². The molecule has 3 nitrogen and oxygen atoms in total. The van der Waals surface area contributed by atoms with Gasteiger partial charge in [-0.25, -0.2) is 0 Å². The quantitative estimate of drug-likeness (QED) is 0.907. The SMILES string of the molecule is CC1CC(C(=O)Nc2ccccc2Br)CO1. The number of hydrogen-bond acceptors (Lipinski definition) is 2. The molecule has 0 bridgehead atoms. The zero-order valence-corrected chi connectivity index (χ0v) is 10.7. The van der Waals surface area contributed by atoms with Crippen LogP contribution in [0, 0.1) is 5.92 Å². The summed E-state index contributed by atoms with van der Waals surface area (Å²) in [5.41, 5.74) is 0.812. The lowest BCUT2D eigenvalue weighted by Gasteiger charge is -2.10. The van der Waals surface area contributed by atoms with Crippen LogP contribution < -0.4 is 5.32 Å². The lowest BCUT2D eigenvalue weighted by molar-refractivity contribution is -0.119. The van der Waals surface area contributed by atoms with Gasteiger partial charge in [0.2, 0.25) is 5.91 Å². The molecule has 0 saturated carbocycles. The minimum atomic E-state index is -0.0258. The molecular formula is C12H14BrNO2. The first kappa shape index (κ1) is 11.6. The Morgan fingerprint density at radius 1 is 1.50 bits per heavy atom. The lowest BCUT2D eigenvalue weighted by Crippen LogP contribution is -2.23. The molecule has 0 aromatic heterocycles. The number of rotatable bonds is 2. The van der Waals surface area contributed by atoms with Crippen molar-refractivity contribution >= 4 is 27.5 Å². The van der Waals surface area contributed by atoms with Gasteiger partial charge in [-0.05, 0) is 41.4 Å². The fourth-order valence-corrected chi connectivity index (χ4v) is 2.18. The highest BCUT2D eigenvalue weighted by molar-refractivity contribution is 9.10. The molecule has 2 rings (SSSR count). The van der Waals surface area contributed by atoms with Crippen LogP contribution in [0.3, 0.4) is 0 Å². The summed E-state index contributed by atoms with van der Waals surface area (Å²) in [6.07, 6.45) is 0.992. The summed E-state index contributed by atoms with van der Waals surface area (Å²) >= 11 is 3.40. The minimum absolute atomic E-state index is 0.0258. The first-order valence-corrected chi connectivity index (χ1v) is 6.13. The molecule has 2 atom stereocenters. The molecular weight excluding hydrogens is 270 g/mol. The summed E-state index contributed by atoms with van der Waals surface area (Å²) in [5, 5.41) is 2.91. The zero-order valence-electron chi connectivity index (χ0n) is 9.07. The fourth-order valence-electron chi connectivity index (χ4n) is 1.80. The van der Waals surface area contributed by atoms with Crippen molar-refractivity contribution in [1.82, 2.24) is 0 Å². The maximum atomic E-state index is 11.9. The van der Waals surface area contributed by atoms with Gasteiger partial charge in [0.15, 0.2) is 0 Å². The van der Waals surface area contributed by atoms with E-state index in [0.717, 1.165) is 16.6 Å². The van der Waals surface area contributed by atoms with Gasteiger partial charge in [-0.1, -0.05) is 12.1 Å². The van der Waals surface area contributed by atoms with E-state index in [-0.39, 0.29) is 17.9 Å². The van der Waals surface area contributed by atoms with E-state index in [9.17, 15) is 4.79 Å². The third kappa shape index (κ3) is 2.62. The van der Waals surface area contributed by atoms with Crippen molar-refractivity contribution in [3.8, 4) is 0 Å². The van der Waals surface area contributed by atoms with Gasteiger partial charge in [0.05, 0.1) is 24.3 Å². The third-order valence-corrected chi connectivity index (χ3v) is 3.39. The number of carbonyl (C=O) groups is 1. The van der Waals surface area contributed by atoms with Gasteiger partial charge in [-0.2, -0.15) is 0 Å². The Bertz CT molecular complexity index is 394. The number of ether oxygens (including phenoxy) is 1. The number of anilines is 1. The minimum Gasteiger partial charge on any atom is -0.378 e. The number of para-hydroxylation sites is 1. The number of carbonyl (C=O) groups excluding carboxylic acids is 1. The van der Waals surface area contributed by atoms with Crippen LogP contribution >= 0.6 is 15.9 Å². The molecule has 1 aliphatic heterocycles. The molecule has 1 saturated heterocycles. The number of benzene rings is 1. The maximum Gasteiger partial charge on any atom is 0.229 e. The summed E-state index contributed by atoms with van der Waals surface area (Å²) in [5.74, 6) is 0.0124. The van der Waals surface area contributed by atoms with Crippen molar-refractivity contribution < 1.29 is 9.53 Å². The summed E-state index contributed by atoms with van der Waals surface area (Å²) < 4.78 is 6.28. The Hall–Kier alpha value is -0.870. The lowest BCUT2D eigenvalue weighted by atomic mass is 10.1. The second-order valence-electron chi connectivity index (χ2n) is 4.05. The molecule has 1 amide bonds. The molecule has 1 aromatic rings. The molecule has 1 N–H and O–H groups in total. The van der Waals surface area contributed by atoms with Gasteiger partial charge in [0.25, 0.3) is 0 Å². The van der Waals surface area contributed by atoms with Crippen molar-refractivity contribution in [1.29, 1.82) is 0 Å². The van der Waals surface area contributed by atoms with Crippen molar-refractivity contribution in [2.45, 2.75) is 19.4 Å². The van der Waals surface area contributed by atoms with Crippen LogP contribution in [0.1, 0.15) is 13.3 Å². The number of amides is 1. The summed E-state index contributed by atoms with van der Waals surface area (Å²) in [4.78, 5) is 11.9. The van der Waals surface area contributed by atoms with Crippen LogP contribution in [0.4, 0.5) is 5.69 Å². The second-order valence-corrected chi connectivity index (χ2v) is 4.90. The van der Waals surface area contributed by atoms with E-state index in [1.54, 1.807) is 0 Å². The highest BCUT2D eigenvalue weighted by Gasteiger charge is 2.28. The van der Waals surface area contributed by atoms with Crippen LogP contribution in [0.15, 0.2) is 28.7 Å². The van der Waals surface area contributed by atoms with E-state index >= 15 is 0 Å². The van der Waals surface area contributed by atoms with Crippen molar-refractivity contribution in [3.63, 3.8) is 0 Å². The predicted octanol–water partition coefficient (Wildman–Crippen LogP) is 2.81. The average molecular weight is 284 g/mol. The Balaban J connectivity index is 2.00. The Morgan fingerprint density at radius 2 is 2.25 bits per heavy atom. The van der Waals surface area contributed by atoms with E-state index in [0.29, 0.717) is 6.61 Å². The van der Waals surface area contributed by atoms with Gasteiger partial charge in [0, 0.05) is 4.47 Å². The molecule has 1 aromatic carbocycles. The molecule has 0 radical (unpaired) electrons. The number of halogens is 1. The summed E-state index contributed by atoms with van der Waals surface area (Å²) in [6, 6.07) is 7.60. The van der Waals surface area contributed by atoms with Crippen molar-refractivity contribution in [2.75, 3.05) is 11.9 Å². The van der Waals surface area contributed by atoms with E-state index in [4.69, 9.17) is 4.74 Å². The second kappa shape index (κ2) is 4.97. The maximum absolute atomic E-state index is 11.9. The molecule has 4 heteroatoms. The molecule has 86 valence electrons. The Morgan fingerprint density at radius 3 is 2.88 bits per heavy atom. The van der Waals surface area contributed by atoms with Crippen LogP contribution in [0.5, 0.6) is 0 Å². The van der Waals surface area contributed by atoms with Crippen LogP contribution in [0.2, 0.25) is 0 Å². The Labute approximate surface area is 103 Å². The molecule has 1 aliphatic rings. The first-order valence-electron chi connectivity index (χ1n) is 5.34. The van der Waals surface area contributed by atoms with Crippen molar-refractivity contribution in [2.24, 2.45) is 5.92 Å². The van der Waals surface area contributed by atoms with E-state index in [2.05, 4.69) is 21.2 Å². The van der Waals surface area contributed by atoms with Gasteiger partial charge < -0.3 is 10.1 Å². The smallest absolute Gasteiger partial charge is 0.229 e. The molecule has 0 spiro atoms. The largest absolute Gasteiger partial charge is 0.378 e. The van der Waals surface area contributed by atoms with Gasteiger partial charge in [-0.15, -0.1) is 0 Å². The van der Waals surface area contributed by atoms with Crippen LogP contribution in [-0.4, -0.2) is 18.6 Å². The summed E-state index contributed by atoms with van der Waals surface area (Å²) in [7, 11) is 0. The van der Waals surface area contributed by atoms with E-state index in [1.807, 2.05) is 31.2 Å². The van der Waals surface area contributed by atoms with E-state index in [1.165, 1.54) is 0 Å². The molecule has 1 heterocycles. The molecule has 16 heavy (non-hydrogen) atoms. The number of hydrogen-bond donors (Lipinski definition) is 1. The first-order chi connectivity index (χ1) is 7.66. The average Bonchev–Trinajstić information content (AvgIpc) is 2.68. The van der Waals surface area contributed by atoms with E-state index < -0.39 is 0 Å². The number of nitrogens with one attached hydrogen (secondary N) is 1. The van der Waals surface area contributed by atoms with Gasteiger partial charge in [-0.3, -0.25) is 4.79 Å². The molecule has 1 fully saturated rings. The molecule has 0 aliphatic carbocycles. The predicted molar refractivity (Wildman–Crippen MR) is 66.3 cm³/mol. The standard InChI is InChI=1S/C12H14BrNO2/c1-8-6-9(7-16-8)12(15)14-11-5-3-2-4-10(11)13/h2-5,8-9H,6-7H2,1H3,(H,14,15). The van der Waals surface area contributed by atoms with Gasteiger partial charge >= 0.3 is 0 Å². The van der Waals surface area contributed by atoms with Crippen LogP contribution in [-0.2, 0) is 9.53 Å². The fraction of sp³-hybridized carbons (Fsp3) is 0.417. The van der Waals surface area contributed by atoms with Crippen molar-refractivity contribution in [3.05, 3.63) is 28.7 Å². The van der Waals surface area contributed by atoms with Gasteiger partial charge in [0.1, 0.15) is 0 Å². The zero-order chi connectivity index (χ0) is 11.5. The highest BCUT2D eigenvalue weighted by Crippen LogP contribution is 2.24. The third-order valence-electron chi connectivity index (χ3n) is 2.70.